The molecule has 3 atom stereocenters. The molecule has 140 valence electrons. The highest BCUT2D eigenvalue weighted by Crippen LogP contribution is 2.48. The highest BCUT2D eigenvalue weighted by atomic mass is 16.5. The fourth-order valence-electron chi connectivity index (χ4n) is 3.33. The number of fused-ring (bicyclic) bond motifs is 1. The first-order chi connectivity index (χ1) is 11.6. The first-order valence-electron chi connectivity index (χ1n) is 8.48. The lowest BCUT2D eigenvalue weighted by molar-refractivity contribution is -0.183. The topological polar surface area (TPSA) is 116 Å². The number of ether oxygens (including phenoxy) is 1. The van der Waals surface area contributed by atoms with Gasteiger partial charge in [-0.25, -0.2) is 4.79 Å². The van der Waals surface area contributed by atoms with Crippen LogP contribution in [0.3, 0.4) is 0 Å². The second kappa shape index (κ2) is 7.03. The summed E-state index contributed by atoms with van der Waals surface area (Å²) >= 11 is 0. The fourth-order valence-corrected chi connectivity index (χ4v) is 3.33. The molecular weight excluding hydrogens is 328 g/mol. The van der Waals surface area contributed by atoms with Crippen LogP contribution in [0.15, 0.2) is 11.5 Å². The fraction of sp³-hybridized carbons (Fsp3) is 0.706. The Kier molecular flexibility index (Phi) is 5.41. The molecule has 0 bridgehead atoms. The predicted octanol–water partition coefficient (Wildman–Crippen LogP) is 0.811. The maximum atomic E-state index is 12.2. The number of rotatable bonds is 8. The normalized spacial score (nSPS) is 23.7. The number of aliphatic hydroxyl groups is 1. The molecule has 8 heteroatoms. The molecule has 2 rings (SSSR count). The van der Waals surface area contributed by atoms with Crippen molar-refractivity contribution in [2.45, 2.75) is 59.3 Å². The lowest BCUT2D eigenvalue weighted by Crippen LogP contribution is -2.62. The van der Waals surface area contributed by atoms with Crippen LogP contribution in [0, 0.1) is 11.3 Å². The first kappa shape index (κ1) is 19.2. The van der Waals surface area contributed by atoms with Gasteiger partial charge in [-0.2, -0.15) is 0 Å². The van der Waals surface area contributed by atoms with Crippen molar-refractivity contribution < 1.29 is 29.3 Å². The SMILES string of the molecule is CC(=O)NCCCCC(C)(C)C1=C(C(=O)O)N2C(=O)[C@H]([C@@H](C)O)[C@H]2O1. The Bertz CT molecular complexity index is 610. The van der Waals surface area contributed by atoms with Crippen molar-refractivity contribution in [2.75, 3.05) is 6.54 Å². The molecule has 25 heavy (non-hydrogen) atoms. The van der Waals surface area contributed by atoms with Crippen molar-refractivity contribution in [1.82, 2.24) is 10.2 Å². The molecule has 0 spiro atoms. The van der Waals surface area contributed by atoms with Gasteiger partial charge < -0.3 is 20.3 Å². The molecule has 0 aliphatic carbocycles. The van der Waals surface area contributed by atoms with E-state index in [1.54, 1.807) is 0 Å². The molecule has 3 N–H and O–H groups in total. The van der Waals surface area contributed by atoms with Gasteiger partial charge in [0.2, 0.25) is 11.8 Å². The average molecular weight is 354 g/mol. The third-order valence-corrected chi connectivity index (χ3v) is 4.72. The van der Waals surface area contributed by atoms with E-state index in [0.717, 1.165) is 17.7 Å². The van der Waals surface area contributed by atoms with Crippen LogP contribution in [0.25, 0.3) is 0 Å². The van der Waals surface area contributed by atoms with Crippen LogP contribution >= 0.6 is 0 Å². The Hall–Kier alpha value is -2.09. The number of amides is 2. The molecule has 2 amide bonds. The average Bonchev–Trinajstić information content (AvgIpc) is 2.82. The summed E-state index contributed by atoms with van der Waals surface area (Å²) in [4.78, 5) is 35.9. The largest absolute Gasteiger partial charge is 0.476 e. The van der Waals surface area contributed by atoms with Gasteiger partial charge in [-0.3, -0.25) is 14.5 Å². The first-order valence-corrected chi connectivity index (χ1v) is 8.48. The summed E-state index contributed by atoms with van der Waals surface area (Å²) in [5, 5.41) is 22.0. The van der Waals surface area contributed by atoms with Crippen molar-refractivity contribution >= 4 is 17.8 Å². The van der Waals surface area contributed by atoms with Gasteiger partial charge in [-0.05, 0) is 19.8 Å². The van der Waals surface area contributed by atoms with Crippen molar-refractivity contribution in [2.24, 2.45) is 11.3 Å². The van der Waals surface area contributed by atoms with E-state index < -0.39 is 35.5 Å². The summed E-state index contributed by atoms with van der Waals surface area (Å²) in [6.45, 7) is 7.26. The van der Waals surface area contributed by atoms with E-state index in [2.05, 4.69) is 5.32 Å². The smallest absolute Gasteiger partial charge is 0.356 e. The molecule has 2 aliphatic rings. The third kappa shape index (κ3) is 3.63. The Balaban J connectivity index is 2.09. The van der Waals surface area contributed by atoms with Gasteiger partial charge in [0, 0.05) is 18.9 Å². The monoisotopic (exact) mass is 354 g/mol. The van der Waals surface area contributed by atoms with Gasteiger partial charge in [0.15, 0.2) is 11.9 Å². The van der Waals surface area contributed by atoms with E-state index in [1.165, 1.54) is 13.8 Å². The number of allylic oxidation sites excluding steroid dienone is 1. The molecular formula is C17H26N2O6. The Morgan fingerprint density at radius 2 is 2.00 bits per heavy atom. The molecule has 1 fully saturated rings. The highest BCUT2D eigenvalue weighted by Gasteiger charge is 2.60. The number of carbonyl (C=O) groups excluding carboxylic acids is 2. The standard InChI is InChI=1S/C17H26N2O6/c1-9(20)11-14(22)19-12(16(23)24)13(25-15(11)19)17(3,4)7-5-6-8-18-10(2)21/h9,11,15,20H,5-8H2,1-4H3,(H,18,21)(H,23,24)/t9-,11+,15-/m1/s1. The third-order valence-electron chi connectivity index (χ3n) is 4.72. The number of hydrogen-bond donors (Lipinski definition) is 3. The summed E-state index contributed by atoms with van der Waals surface area (Å²) in [6.07, 6.45) is 0.537. The van der Waals surface area contributed by atoms with Gasteiger partial charge in [0.1, 0.15) is 11.7 Å². The molecule has 0 radical (unpaired) electrons. The van der Waals surface area contributed by atoms with Crippen LogP contribution in [-0.4, -0.2) is 51.8 Å². The quantitative estimate of drug-likeness (QED) is 0.439. The van der Waals surface area contributed by atoms with E-state index in [0.29, 0.717) is 13.0 Å². The molecule has 1 saturated heterocycles. The van der Waals surface area contributed by atoms with Gasteiger partial charge in [-0.15, -0.1) is 0 Å². The highest BCUT2D eigenvalue weighted by molar-refractivity contribution is 5.98. The van der Waals surface area contributed by atoms with Crippen LogP contribution in [0.2, 0.25) is 0 Å². The number of carboxylic acid groups (broad SMARTS) is 1. The maximum Gasteiger partial charge on any atom is 0.356 e. The minimum atomic E-state index is -1.21. The Morgan fingerprint density at radius 1 is 1.36 bits per heavy atom. The lowest BCUT2D eigenvalue weighted by atomic mass is 9.84. The van der Waals surface area contributed by atoms with E-state index in [4.69, 9.17) is 4.74 Å². The number of carbonyl (C=O) groups is 3. The summed E-state index contributed by atoms with van der Waals surface area (Å²) < 4.78 is 5.81. The summed E-state index contributed by atoms with van der Waals surface area (Å²) in [6, 6.07) is 0. The number of aliphatic carboxylic acids is 1. The van der Waals surface area contributed by atoms with Gasteiger partial charge in [-0.1, -0.05) is 20.3 Å². The van der Waals surface area contributed by atoms with Crippen LogP contribution in [-0.2, 0) is 19.1 Å². The van der Waals surface area contributed by atoms with Crippen LogP contribution in [0.1, 0.15) is 47.0 Å². The second-order valence-corrected chi connectivity index (χ2v) is 7.29. The number of aliphatic hydroxyl groups excluding tert-OH is 1. The zero-order valence-corrected chi connectivity index (χ0v) is 15.0. The van der Waals surface area contributed by atoms with Gasteiger partial charge in [0.05, 0.1) is 6.10 Å². The number of nitrogens with zero attached hydrogens (tertiary/aromatic N) is 1. The van der Waals surface area contributed by atoms with Crippen molar-refractivity contribution in [3.63, 3.8) is 0 Å². The number of unbranched alkanes of at least 4 members (excludes halogenated alkanes) is 1. The molecule has 0 aromatic rings. The Morgan fingerprint density at radius 3 is 2.52 bits per heavy atom. The molecule has 8 nitrogen and oxygen atoms in total. The van der Waals surface area contributed by atoms with E-state index in [1.807, 2.05) is 13.8 Å². The van der Waals surface area contributed by atoms with Crippen LogP contribution in [0.5, 0.6) is 0 Å². The molecule has 0 aromatic heterocycles. The van der Waals surface area contributed by atoms with Crippen molar-refractivity contribution in [3.8, 4) is 0 Å². The summed E-state index contributed by atoms with van der Waals surface area (Å²) in [7, 11) is 0. The minimum Gasteiger partial charge on any atom is -0.476 e. The molecule has 0 aromatic carbocycles. The minimum absolute atomic E-state index is 0.0821. The molecule has 0 unspecified atom stereocenters. The predicted molar refractivity (Wildman–Crippen MR) is 87.9 cm³/mol. The number of carboxylic acids is 1. The van der Waals surface area contributed by atoms with Gasteiger partial charge >= 0.3 is 5.97 Å². The second-order valence-electron chi connectivity index (χ2n) is 7.29. The maximum absolute atomic E-state index is 12.2. The van der Waals surface area contributed by atoms with E-state index in [-0.39, 0.29) is 17.4 Å². The molecule has 2 aliphatic heterocycles. The number of hydrogen-bond acceptors (Lipinski definition) is 5. The summed E-state index contributed by atoms with van der Waals surface area (Å²) in [5.41, 5.74) is -0.705. The number of nitrogens with one attached hydrogen (secondary N) is 1. The molecule has 2 heterocycles. The van der Waals surface area contributed by atoms with Crippen LogP contribution < -0.4 is 5.32 Å². The van der Waals surface area contributed by atoms with E-state index >= 15 is 0 Å². The van der Waals surface area contributed by atoms with Gasteiger partial charge in [0.25, 0.3) is 0 Å². The summed E-state index contributed by atoms with van der Waals surface area (Å²) in [5.74, 6) is -2.17. The van der Waals surface area contributed by atoms with E-state index in [9.17, 15) is 24.6 Å². The van der Waals surface area contributed by atoms with Crippen molar-refractivity contribution in [1.29, 1.82) is 0 Å². The van der Waals surface area contributed by atoms with Crippen LogP contribution in [0.4, 0.5) is 0 Å². The molecule has 0 saturated carbocycles. The van der Waals surface area contributed by atoms with Crippen molar-refractivity contribution in [3.05, 3.63) is 11.5 Å². The Labute approximate surface area is 146 Å². The zero-order chi connectivity index (χ0) is 18.9. The zero-order valence-electron chi connectivity index (χ0n) is 15.0. The number of β-lactam (4-membered cyclic amide) rings is 1. The lowest BCUT2D eigenvalue weighted by Gasteiger charge is -2.42.